The first kappa shape index (κ1) is 11.5. The first-order chi connectivity index (χ1) is 7.36. The Morgan fingerprint density at radius 1 is 1.53 bits per heavy atom. The molecule has 0 aliphatic carbocycles. The molecule has 0 fully saturated rings. The van der Waals surface area contributed by atoms with E-state index in [1.54, 1.807) is 6.07 Å². The standard InChI is InChI=1S/C11H17N3O/c1-3-5-6-7-15-11-8-10(12-4-2)13-9-14-11/h3,8-9H,1,4-7H2,2H3,(H,12,13,14). The zero-order chi connectivity index (χ0) is 10.9. The largest absolute Gasteiger partial charge is 0.478 e. The van der Waals surface area contributed by atoms with Crippen LogP contribution in [-0.2, 0) is 0 Å². The van der Waals surface area contributed by atoms with Crippen molar-refractivity contribution >= 4 is 5.82 Å². The second kappa shape index (κ2) is 6.81. The monoisotopic (exact) mass is 207 g/mol. The van der Waals surface area contributed by atoms with E-state index in [1.165, 1.54) is 6.33 Å². The molecule has 0 saturated heterocycles. The van der Waals surface area contributed by atoms with Crippen LogP contribution < -0.4 is 10.1 Å². The van der Waals surface area contributed by atoms with Crippen molar-refractivity contribution in [2.45, 2.75) is 19.8 Å². The Hall–Kier alpha value is -1.58. The first-order valence-electron chi connectivity index (χ1n) is 5.16. The molecule has 1 heterocycles. The zero-order valence-corrected chi connectivity index (χ0v) is 9.07. The molecule has 1 N–H and O–H groups in total. The Labute approximate surface area is 90.4 Å². The summed E-state index contributed by atoms with van der Waals surface area (Å²) in [5.41, 5.74) is 0. The maximum atomic E-state index is 5.46. The van der Waals surface area contributed by atoms with Crippen LogP contribution in [0.5, 0.6) is 5.88 Å². The molecule has 0 bridgehead atoms. The average molecular weight is 207 g/mol. The van der Waals surface area contributed by atoms with Gasteiger partial charge in [-0.2, -0.15) is 0 Å². The molecule has 0 spiro atoms. The summed E-state index contributed by atoms with van der Waals surface area (Å²) in [5.74, 6) is 1.41. The number of unbranched alkanes of at least 4 members (excludes halogenated alkanes) is 1. The number of anilines is 1. The number of rotatable bonds is 7. The van der Waals surface area contributed by atoms with E-state index >= 15 is 0 Å². The van der Waals surface area contributed by atoms with Gasteiger partial charge < -0.3 is 10.1 Å². The molecule has 1 aromatic heterocycles. The molecule has 0 aliphatic heterocycles. The average Bonchev–Trinajstić information content (AvgIpc) is 2.26. The number of allylic oxidation sites excluding steroid dienone is 1. The van der Waals surface area contributed by atoms with E-state index in [9.17, 15) is 0 Å². The summed E-state index contributed by atoms with van der Waals surface area (Å²) in [6.07, 6.45) is 5.31. The van der Waals surface area contributed by atoms with E-state index in [4.69, 9.17) is 4.74 Å². The molecule has 0 atom stereocenters. The van der Waals surface area contributed by atoms with Crippen LogP contribution >= 0.6 is 0 Å². The van der Waals surface area contributed by atoms with Gasteiger partial charge in [-0.05, 0) is 19.8 Å². The molecule has 0 amide bonds. The third-order valence-corrected chi connectivity index (χ3v) is 1.80. The van der Waals surface area contributed by atoms with Gasteiger partial charge in [0, 0.05) is 12.6 Å². The van der Waals surface area contributed by atoms with Gasteiger partial charge in [-0.25, -0.2) is 9.97 Å². The van der Waals surface area contributed by atoms with Gasteiger partial charge in [0.2, 0.25) is 5.88 Å². The SMILES string of the molecule is C=CCCCOc1cc(NCC)ncn1. The molecule has 0 aliphatic rings. The predicted molar refractivity (Wildman–Crippen MR) is 61.1 cm³/mol. The van der Waals surface area contributed by atoms with Crippen LogP contribution in [0.15, 0.2) is 25.0 Å². The first-order valence-corrected chi connectivity index (χ1v) is 5.16. The topological polar surface area (TPSA) is 47.0 Å². The van der Waals surface area contributed by atoms with E-state index in [0.717, 1.165) is 25.2 Å². The Kier molecular flexibility index (Phi) is 5.22. The normalized spacial score (nSPS) is 9.67. The van der Waals surface area contributed by atoms with Crippen molar-refractivity contribution in [3.05, 3.63) is 25.0 Å². The van der Waals surface area contributed by atoms with Crippen molar-refractivity contribution < 1.29 is 4.74 Å². The van der Waals surface area contributed by atoms with Crippen LogP contribution in [0.1, 0.15) is 19.8 Å². The highest BCUT2D eigenvalue weighted by Gasteiger charge is 1.97. The van der Waals surface area contributed by atoms with Crippen LogP contribution in [0, 0.1) is 0 Å². The second-order valence-electron chi connectivity index (χ2n) is 3.05. The Balaban J connectivity index is 2.39. The van der Waals surface area contributed by atoms with Crippen molar-refractivity contribution in [2.24, 2.45) is 0 Å². The Morgan fingerprint density at radius 3 is 3.13 bits per heavy atom. The second-order valence-corrected chi connectivity index (χ2v) is 3.05. The molecule has 1 rings (SSSR count). The van der Waals surface area contributed by atoms with Crippen LogP contribution in [-0.4, -0.2) is 23.1 Å². The molecule has 4 nitrogen and oxygen atoms in total. The molecule has 0 saturated carbocycles. The van der Waals surface area contributed by atoms with Gasteiger partial charge in [-0.15, -0.1) is 6.58 Å². The van der Waals surface area contributed by atoms with E-state index in [-0.39, 0.29) is 0 Å². The third kappa shape index (κ3) is 4.44. The van der Waals surface area contributed by atoms with Crippen LogP contribution in [0.25, 0.3) is 0 Å². The molecule has 1 aromatic rings. The third-order valence-electron chi connectivity index (χ3n) is 1.80. The highest BCUT2D eigenvalue weighted by atomic mass is 16.5. The summed E-state index contributed by atoms with van der Waals surface area (Å²) < 4.78 is 5.46. The lowest BCUT2D eigenvalue weighted by Crippen LogP contribution is -2.02. The van der Waals surface area contributed by atoms with Crippen LogP contribution in [0.2, 0.25) is 0 Å². The van der Waals surface area contributed by atoms with Crippen LogP contribution in [0.3, 0.4) is 0 Å². The van der Waals surface area contributed by atoms with Gasteiger partial charge in [0.1, 0.15) is 12.1 Å². The lowest BCUT2D eigenvalue weighted by molar-refractivity contribution is 0.300. The molecule has 4 heteroatoms. The van der Waals surface area contributed by atoms with E-state index < -0.39 is 0 Å². The van der Waals surface area contributed by atoms with Gasteiger partial charge in [-0.1, -0.05) is 6.08 Å². The summed E-state index contributed by atoms with van der Waals surface area (Å²) in [5, 5.41) is 3.10. The maximum absolute atomic E-state index is 5.46. The van der Waals surface area contributed by atoms with Gasteiger partial charge in [0.25, 0.3) is 0 Å². The van der Waals surface area contributed by atoms with Crippen LogP contribution in [0.4, 0.5) is 5.82 Å². The van der Waals surface area contributed by atoms with Gasteiger partial charge in [0.05, 0.1) is 6.61 Å². The number of nitrogens with one attached hydrogen (secondary N) is 1. The van der Waals surface area contributed by atoms with Crippen molar-refractivity contribution in [3.63, 3.8) is 0 Å². The highest BCUT2D eigenvalue weighted by Crippen LogP contribution is 2.10. The molecule has 15 heavy (non-hydrogen) atoms. The number of aromatic nitrogens is 2. The van der Waals surface area contributed by atoms with Crippen molar-refractivity contribution in [1.29, 1.82) is 0 Å². The summed E-state index contributed by atoms with van der Waals surface area (Å²) in [4.78, 5) is 8.08. The summed E-state index contributed by atoms with van der Waals surface area (Å²) in [7, 11) is 0. The van der Waals surface area contributed by atoms with E-state index in [2.05, 4.69) is 21.9 Å². The lowest BCUT2D eigenvalue weighted by Gasteiger charge is -2.06. The molecular formula is C11H17N3O. The smallest absolute Gasteiger partial charge is 0.218 e. The molecular weight excluding hydrogens is 190 g/mol. The molecule has 0 unspecified atom stereocenters. The maximum Gasteiger partial charge on any atom is 0.218 e. The fourth-order valence-electron chi connectivity index (χ4n) is 1.10. The van der Waals surface area contributed by atoms with Gasteiger partial charge in [0.15, 0.2) is 0 Å². The lowest BCUT2D eigenvalue weighted by atomic mass is 10.3. The predicted octanol–water partition coefficient (Wildman–Crippen LogP) is 2.25. The number of hydrogen-bond donors (Lipinski definition) is 1. The van der Waals surface area contributed by atoms with Crippen molar-refractivity contribution in [3.8, 4) is 5.88 Å². The quantitative estimate of drug-likeness (QED) is 0.550. The fourth-order valence-corrected chi connectivity index (χ4v) is 1.10. The minimum absolute atomic E-state index is 0.616. The summed E-state index contributed by atoms with van der Waals surface area (Å²) >= 11 is 0. The van der Waals surface area contributed by atoms with E-state index in [0.29, 0.717) is 12.5 Å². The Bertz CT molecular complexity index is 302. The number of ether oxygens (including phenoxy) is 1. The number of hydrogen-bond acceptors (Lipinski definition) is 4. The molecule has 0 radical (unpaired) electrons. The highest BCUT2D eigenvalue weighted by molar-refractivity contribution is 5.36. The minimum atomic E-state index is 0.616. The number of nitrogens with zero attached hydrogens (tertiary/aromatic N) is 2. The Morgan fingerprint density at radius 2 is 2.40 bits per heavy atom. The molecule has 0 aromatic carbocycles. The summed E-state index contributed by atoms with van der Waals surface area (Å²) in [6.45, 7) is 7.17. The van der Waals surface area contributed by atoms with Gasteiger partial charge in [-0.3, -0.25) is 0 Å². The van der Waals surface area contributed by atoms with Gasteiger partial charge >= 0.3 is 0 Å². The molecule has 82 valence electrons. The zero-order valence-electron chi connectivity index (χ0n) is 9.07. The van der Waals surface area contributed by atoms with Crippen molar-refractivity contribution in [1.82, 2.24) is 9.97 Å². The van der Waals surface area contributed by atoms with E-state index in [1.807, 2.05) is 13.0 Å². The summed E-state index contributed by atoms with van der Waals surface area (Å²) in [6, 6.07) is 1.80. The fraction of sp³-hybridized carbons (Fsp3) is 0.455. The minimum Gasteiger partial charge on any atom is -0.478 e. The van der Waals surface area contributed by atoms with Crippen molar-refractivity contribution in [2.75, 3.05) is 18.5 Å².